The third-order valence-electron chi connectivity index (χ3n) is 3.40. The van der Waals surface area contributed by atoms with Crippen molar-refractivity contribution in [2.24, 2.45) is 0 Å². The van der Waals surface area contributed by atoms with E-state index >= 15 is 0 Å². The lowest BCUT2D eigenvalue weighted by Crippen LogP contribution is -2.20. The quantitative estimate of drug-likeness (QED) is 0.599. The number of hydrogen-bond acceptors (Lipinski definition) is 0. The van der Waals surface area contributed by atoms with E-state index in [1.807, 2.05) is 27.7 Å². The molecule has 1 aromatic carbocycles. The van der Waals surface area contributed by atoms with Crippen molar-refractivity contribution in [2.75, 3.05) is 0 Å². The summed E-state index contributed by atoms with van der Waals surface area (Å²) in [6.07, 6.45) is -0.877. The van der Waals surface area contributed by atoms with Crippen molar-refractivity contribution in [3.63, 3.8) is 0 Å². The molecule has 0 heterocycles. The molecule has 0 N–H and O–H groups in total. The molecule has 0 aromatic heterocycles. The Hall–Kier alpha value is -1.51. The third kappa shape index (κ3) is 4.87. The van der Waals surface area contributed by atoms with Gasteiger partial charge in [0.1, 0.15) is 0 Å². The van der Waals surface area contributed by atoms with Crippen molar-refractivity contribution in [2.45, 2.75) is 46.2 Å². The molecule has 3 heteroatoms. The molecule has 1 atom stereocenters. The largest absolute Gasteiger partial charge is 0.396 e. The monoisotopic (exact) mass is 282 g/mol. The number of benzene rings is 1. The van der Waals surface area contributed by atoms with Gasteiger partial charge in [-0.05, 0) is 39.7 Å². The molecule has 0 nitrogen and oxygen atoms in total. The molecule has 1 unspecified atom stereocenters. The van der Waals surface area contributed by atoms with Crippen LogP contribution < -0.4 is 0 Å². The molecule has 0 bridgehead atoms. The first kappa shape index (κ1) is 16.5. The summed E-state index contributed by atoms with van der Waals surface area (Å²) in [5.74, 6) is -1.44. The maximum atomic E-state index is 13.1. The summed E-state index contributed by atoms with van der Waals surface area (Å²) >= 11 is 0. The van der Waals surface area contributed by atoms with Gasteiger partial charge in [-0.2, -0.15) is 13.2 Å². The Morgan fingerprint density at radius 1 is 1.10 bits per heavy atom. The van der Waals surface area contributed by atoms with Crippen LogP contribution in [0.4, 0.5) is 13.2 Å². The van der Waals surface area contributed by atoms with Gasteiger partial charge in [0.15, 0.2) is 0 Å². The maximum Gasteiger partial charge on any atom is 0.396 e. The smallest absolute Gasteiger partial charge is 0.170 e. The number of rotatable bonds is 4. The van der Waals surface area contributed by atoms with Crippen LogP contribution >= 0.6 is 0 Å². The van der Waals surface area contributed by atoms with Crippen molar-refractivity contribution in [3.8, 4) is 0 Å². The summed E-state index contributed by atoms with van der Waals surface area (Å²) in [5.41, 5.74) is 3.41. The fraction of sp³-hybridized carbons (Fsp3) is 0.412. The summed E-state index contributed by atoms with van der Waals surface area (Å²) in [5, 5.41) is 0. The number of halogens is 3. The normalized spacial score (nSPS) is 13.6. The van der Waals surface area contributed by atoms with E-state index in [4.69, 9.17) is 0 Å². The first-order valence-electron chi connectivity index (χ1n) is 6.65. The van der Waals surface area contributed by atoms with E-state index < -0.39 is 12.1 Å². The van der Waals surface area contributed by atoms with E-state index in [1.54, 1.807) is 36.4 Å². The first-order valence-corrected chi connectivity index (χ1v) is 6.65. The summed E-state index contributed by atoms with van der Waals surface area (Å²) in [4.78, 5) is 0. The van der Waals surface area contributed by atoms with Crippen molar-refractivity contribution >= 4 is 0 Å². The molecule has 0 radical (unpaired) electrons. The van der Waals surface area contributed by atoms with Crippen LogP contribution in [-0.2, 0) is 0 Å². The molecular weight excluding hydrogens is 261 g/mol. The molecular formula is C17H21F3. The molecule has 0 aliphatic rings. The predicted octanol–water partition coefficient (Wildman–Crippen LogP) is 5.94. The van der Waals surface area contributed by atoms with E-state index in [9.17, 15) is 13.2 Å². The van der Waals surface area contributed by atoms with Crippen LogP contribution in [0.3, 0.4) is 0 Å². The highest BCUT2D eigenvalue weighted by atomic mass is 19.4. The van der Waals surface area contributed by atoms with Crippen molar-refractivity contribution in [3.05, 3.63) is 58.7 Å². The zero-order valence-electron chi connectivity index (χ0n) is 12.4. The molecule has 1 rings (SSSR count). The Morgan fingerprint density at radius 2 is 1.65 bits per heavy atom. The lowest BCUT2D eigenvalue weighted by Gasteiger charge is -2.19. The maximum absolute atomic E-state index is 13.1. The van der Waals surface area contributed by atoms with Crippen molar-refractivity contribution < 1.29 is 13.2 Å². The Kier molecular flexibility index (Phi) is 5.61. The van der Waals surface area contributed by atoms with Gasteiger partial charge in [0.25, 0.3) is 0 Å². The first-order chi connectivity index (χ1) is 9.21. The van der Waals surface area contributed by atoms with Gasteiger partial charge in [0, 0.05) is 0 Å². The molecule has 110 valence electrons. The average Bonchev–Trinajstić information content (AvgIpc) is 2.34. The highest BCUT2D eigenvalue weighted by molar-refractivity contribution is 5.27. The Bertz CT molecular complexity index is 486. The van der Waals surface area contributed by atoms with Crippen LogP contribution in [0.15, 0.2) is 47.6 Å². The second-order valence-electron chi connectivity index (χ2n) is 5.33. The van der Waals surface area contributed by atoms with Gasteiger partial charge in [-0.3, -0.25) is 0 Å². The average molecular weight is 282 g/mol. The molecule has 0 saturated carbocycles. The molecule has 0 aliphatic carbocycles. The van der Waals surface area contributed by atoms with E-state index in [2.05, 4.69) is 0 Å². The predicted molar refractivity (Wildman–Crippen MR) is 77.8 cm³/mol. The molecule has 0 spiro atoms. The lowest BCUT2D eigenvalue weighted by molar-refractivity contribution is -0.149. The second-order valence-corrected chi connectivity index (χ2v) is 5.33. The molecule has 0 saturated heterocycles. The van der Waals surface area contributed by atoms with Crippen LogP contribution in [0.1, 0.15) is 44.2 Å². The minimum absolute atomic E-state index is 0.0306. The third-order valence-corrected chi connectivity index (χ3v) is 3.40. The summed E-state index contributed by atoms with van der Waals surface area (Å²) < 4.78 is 39.4. The Balaban J connectivity index is 2.93. The van der Waals surface area contributed by atoms with Gasteiger partial charge in [0.2, 0.25) is 0 Å². The number of allylic oxidation sites excluding steroid dienone is 4. The topological polar surface area (TPSA) is 0 Å². The van der Waals surface area contributed by atoms with E-state index in [1.165, 1.54) is 0 Å². The van der Waals surface area contributed by atoms with Crippen molar-refractivity contribution in [1.82, 2.24) is 0 Å². The number of alkyl halides is 3. The van der Waals surface area contributed by atoms with Crippen LogP contribution in [0.5, 0.6) is 0 Å². The minimum atomic E-state index is -4.22. The Morgan fingerprint density at radius 3 is 2.10 bits per heavy atom. The highest BCUT2D eigenvalue weighted by Gasteiger charge is 2.39. The summed E-state index contributed by atoms with van der Waals surface area (Å²) in [6.45, 7) is 7.66. The van der Waals surface area contributed by atoms with E-state index in [-0.39, 0.29) is 6.42 Å². The van der Waals surface area contributed by atoms with Gasteiger partial charge in [-0.1, -0.05) is 53.1 Å². The molecule has 20 heavy (non-hydrogen) atoms. The highest BCUT2D eigenvalue weighted by Crippen LogP contribution is 2.37. The zero-order chi connectivity index (χ0) is 15.3. The van der Waals surface area contributed by atoms with E-state index in [0.717, 1.165) is 16.7 Å². The van der Waals surface area contributed by atoms with Gasteiger partial charge in [-0.25, -0.2) is 0 Å². The van der Waals surface area contributed by atoms with Gasteiger partial charge in [-0.15, -0.1) is 0 Å². The van der Waals surface area contributed by atoms with Gasteiger partial charge < -0.3 is 0 Å². The summed E-state index contributed by atoms with van der Waals surface area (Å²) in [6, 6.07) is 6.57. The molecule has 0 fully saturated rings. The minimum Gasteiger partial charge on any atom is -0.170 e. The standard InChI is InChI=1S/C17H21F3/c1-12(2)14(4)6-5-7-16(17(18,19)20)15-10-8-13(3)9-11-15/h5-6,8-11,16H,7H2,1-4H3/b6-5-. The van der Waals surface area contributed by atoms with Crippen LogP contribution in [0.2, 0.25) is 0 Å². The number of hydrogen-bond donors (Lipinski definition) is 0. The second kappa shape index (κ2) is 6.78. The fourth-order valence-corrected chi connectivity index (χ4v) is 1.81. The molecule has 1 aromatic rings. The fourth-order valence-electron chi connectivity index (χ4n) is 1.81. The molecule has 0 aliphatic heterocycles. The van der Waals surface area contributed by atoms with Crippen molar-refractivity contribution in [1.29, 1.82) is 0 Å². The number of aryl methyl sites for hydroxylation is 1. The van der Waals surface area contributed by atoms with Crippen LogP contribution in [0, 0.1) is 6.92 Å². The Labute approximate surface area is 119 Å². The van der Waals surface area contributed by atoms with Crippen LogP contribution in [-0.4, -0.2) is 6.18 Å². The zero-order valence-corrected chi connectivity index (χ0v) is 12.4. The summed E-state index contributed by atoms with van der Waals surface area (Å²) in [7, 11) is 0. The lowest BCUT2D eigenvalue weighted by atomic mass is 9.94. The molecule has 0 amide bonds. The van der Waals surface area contributed by atoms with Crippen LogP contribution in [0.25, 0.3) is 0 Å². The van der Waals surface area contributed by atoms with Gasteiger partial charge >= 0.3 is 6.18 Å². The van der Waals surface area contributed by atoms with E-state index in [0.29, 0.717) is 5.56 Å². The SMILES string of the molecule is CC(C)=C(C)/C=C\CC(c1ccc(C)cc1)C(F)(F)F. The van der Waals surface area contributed by atoms with Gasteiger partial charge in [0.05, 0.1) is 5.92 Å².